The standard InChI is InChI=1S/C9H19NO3S/c1-6-7(5-11)10-14(12,13)8(6)9(2,3)4/h6-8,10-11H,5H2,1-4H3/t6-,7-,8+/m1/s1. The Hall–Kier alpha value is -0.130. The molecule has 0 aromatic carbocycles. The molecule has 84 valence electrons. The highest BCUT2D eigenvalue weighted by Gasteiger charge is 2.49. The van der Waals surface area contributed by atoms with E-state index in [9.17, 15) is 8.42 Å². The van der Waals surface area contributed by atoms with Gasteiger partial charge in [0, 0.05) is 6.04 Å². The number of nitrogens with one attached hydrogen (secondary N) is 1. The molecule has 0 aromatic rings. The van der Waals surface area contributed by atoms with Gasteiger partial charge in [-0.1, -0.05) is 27.7 Å². The lowest BCUT2D eigenvalue weighted by Gasteiger charge is -2.29. The number of rotatable bonds is 1. The first-order valence-corrected chi connectivity index (χ1v) is 6.37. The smallest absolute Gasteiger partial charge is 0.215 e. The van der Waals surface area contributed by atoms with E-state index in [2.05, 4.69) is 4.72 Å². The van der Waals surface area contributed by atoms with Crippen molar-refractivity contribution in [1.29, 1.82) is 0 Å². The van der Waals surface area contributed by atoms with Crippen molar-refractivity contribution in [3.05, 3.63) is 0 Å². The number of hydrogen-bond acceptors (Lipinski definition) is 3. The molecule has 3 atom stereocenters. The molecule has 5 heteroatoms. The van der Waals surface area contributed by atoms with Crippen LogP contribution in [0.1, 0.15) is 27.7 Å². The Labute approximate surface area is 85.8 Å². The van der Waals surface area contributed by atoms with Crippen LogP contribution in [0.4, 0.5) is 0 Å². The summed E-state index contributed by atoms with van der Waals surface area (Å²) < 4.78 is 26.0. The Kier molecular flexibility index (Phi) is 2.96. The van der Waals surface area contributed by atoms with Crippen LogP contribution in [0.3, 0.4) is 0 Å². The van der Waals surface area contributed by atoms with E-state index < -0.39 is 15.3 Å². The number of hydrogen-bond donors (Lipinski definition) is 2. The van der Waals surface area contributed by atoms with Crippen LogP contribution in [0.2, 0.25) is 0 Å². The van der Waals surface area contributed by atoms with Gasteiger partial charge in [0.05, 0.1) is 11.9 Å². The van der Waals surface area contributed by atoms with Gasteiger partial charge in [-0.2, -0.15) is 0 Å². The predicted molar refractivity (Wildman–Crippen MR) is 55.3 cm³/mol. The summed E-state index contributed by atoms with van der Waals surface area (Å²) in [7, 11) is -3.27. The molecule has 0 aromatic heterocycles. The van der Waals surface area contributed by atoms with Gasteiger partial charge in [0.15, 0.2) is 0 Å². The zero-order chi connectivity index (χ0) is 11.1. The van der Waals surface area contributed by atoms with Gasteiger partial charge in [-0.15, -0.1) is 0 Å². The maximum absolute atomic E-state index is 11.8. The summed E-state index contributed by atoms with van der Waals surface area (Å²) in [6, 6.07) is -0.329. The van der Waals surface area contributed by atoms with Crippen LogP contribution in [-0.2, 0) is 10.0 Å². The molecule has 2 N–H and O–H groups in total. The number of aliphatic hydroxyl groups is 1. The van der Waals surface area contributed by atoms with Crippen LogP contribution in [0.15, 0.2) is 0 Å². The molecule has 1 aliphatic rings. The molecule has 0 spiro atoms. The summed E-state index contributed by atoms with van der Waals surface area (Å²) in [6.07, 6.45) is 0. The molecule has 0 aliphatic carbocycles. The topological polar surface area (TPSA) is 66.4 Å². The minimum absolute atomic E-state index is 0.0509. The van der Waals surface area contributed by atoms with Gasteiger partial charge >= 0.3 is 0 Å². The Balaban J connectivity index is 3.06. The lowest BCUT2D eigenvalue weighted by Crippen LogP contribution is -2.36. The highest BCUT2D eigenvalue weighted by atomic mass is 32.2. The summed E-state index contributed by atoms with van der Waals surface area (Å²) >= 11 is 0. The van der Waals surface area contributed by atoms with Crippen LogP contribution in [-0.4, -0.2) is 31.4 Å². The van der Waals surface area contributed by atoms with Gasteiger partial charge in [0.25, 0.3) is 0 Å². The molecular weight excluding hydrogens is 202 g/mol. The number of sulfonamides is 1. The molecule has 0 saturated carbocycles. The van der Waals surface area contributed by atoms with Crippen LogP contribution >= 0.6 is 0 Å². The Morgan fingerprint density at radius 2 is 1.86 bits per heavy atom. The van der Waals surface area contributed by atoms with Gasteiger partial charge in [-0.25, -0.2) is 13.1 Å². The van der Waals surface area contributed by atoms with Crippen LogP contribution < -0.4 is 4.72 Å². The van der Waals surface area contributed by atoms with E-state index in [0.29, 0.717) is 0 Å². The summed E-state index contributed by atoms with van der Waals surface area (Å²) in [6.45, 7) is 7.47. The third-order valence-corrected chi connectivity index (χ3v) is 5.25. The monoisotopic (exact) mass is 221 g/mol. The molecule has 0 bridgehead atoms. The first-order valence-electron chi connectivity index (χ1n) is 4.82. The van der Waals surface area contributed by atoms with E-state index in [4.69, 9.17) is 5.11 Å². The van der Waals surface area contributed by atoms with E-state index in [1.165, 1.54) is 0 Å². The molecule has 1 fully saturated rings. The molecule has 0 radical (unpaired) electrons. The van der Waals surface area contributed by atoms with Crippen LogP contribution in [0.25, 0.3) is 0 Å². The summed E-state index contributed by atoms with van der Waals surface area (Å²) in [5, 5.41) is 8.60. The van der Waals surface area contributed by atoms with Crippen molar-refractivity contribution in [3.63, 3.8) is 0 Å². The fraction of sp³-hybridized carbons (Fsp3) is 1.00. The fourth-order valence-electron chi connectivity index (χ4n) is 2.34. The lowest BCUT2D eigenvalue weighted by molar-refractivity contribution is 0.210. The second-order valence-corrected chi connectivity index (χ2v) is 6.93. The SMILES string of the molecule is C[C@@H]1[C@@H](CO)NS(=O)(=O)[C@@H]1C(C)(C)C. The average molecular weight is 221 g/mol. The molecule has 0 amide bonds. The lowest BCUT2D eigenvalue weighted by atomic mass is 9.82. The van der Waals surface area contributed by atoms with Crippen molar-refractivity contribution in [2.24, 2.45) is 11.3 Å². The molecule has 0 unspecified atom stereocenters. The normalized spacial score (nSPS) is 37.4. The first-order chi connectivity index (χ1) is 6.20. The van der Waals surface area contributed by atoms with E-state index in [-0.39, 0.29) is 24.0 Å². The van der Waals surface area contributed by atoms with Crippen molar-refractivity contribution < 1.29 is 13.5 Å². The zero-order valence-corrected chi connectivity index (χ0v) is 9.93. The highest BCUT2D eigenvalue weighted by molar-refractivity contribution is 7.90. The summed E-state index contributed by atoms with van der Waals surface area (Å²) in [5.41, 5.74) is -0.296. The first kappa shape index (κ1) is 11.9. The Morgan fingerprint density at radius 3 is 2.07 bits per heavy atom. The summed E-state index contributed by atoms with van der Waals surface area (Å²) in [5.74, 6) is -0.0509. The maximum Gasteiger partial charge on any atom is 0.215 e. The third-order valence-electron chi connectivity index (χ3n) is 2.81. The number of aliphatic hydroxyl groups excluding tert-OH is 1. The minimum atomic E-state index is -3.27. The Bertz CT molecular complexity index is 305. The van der Waals surface area contributed by atoms with Crippen molar-refractivity contribution in [1.82, 2.24) is 4.72 Å². The van der Waals surface area contributed by atoms with Gasteiger partial charge < -0.3 is 5.11 Å². The third kappa shape index (κ3) is 1.94. The minimum Gasteiger partial charge on any atom is -0.395 e. The maximum atomic E-state index is 11.8. The van der Waals surface area contributed by atoms with Crippen molar-refractivity contribution in [3.8, 4) is 0 Å². The molecule has 1 heterocycles. The van der Waals surface area contributed by atoms with E-state index in [1.54, 1.807) is 0 Å². The van der Waals surface area contributed by atoms with Gasteiger partial charge in [0.2, 0.25) is 10.0 Å². The molecule has 1 rings (SSSR count). The summed E-state index contributed by atoms with van der Waals surface area (Å²) in [4.78, 5) is 0. The quantitative estimate of drug-likeness (QED) is 0.670. The second kappa shape index (κ2) is 3.47. The Morgan fingerprint density at radius 1 is 1.36 bits per heavy atom. The largest absolute Gasteiger partial charge is 0.395 e. The van der Waals surface area contributed by atoms with E-state index >= 15 is 0 Å². The molecular formula is C9H19NO3S. The average Bonchev–Trinajstić information content (AvgIpc) is 2.19. The van der Waals surface area contributed by atoms with Crippen LogP contribution in [0.5, 0.6) is 0 Å². The zero-order valence-electron chi connectivity index (χ0n) is 9.11. The molecule has 1 saturated heterocycles. The van der Waals surface area contributed by atoms with E-state index in [0.717, 1.165) is 0 Å². The fourth-order valence-corrected chi connectivity index (χ4v) is 4.89. The predicted octanol–water partition coefficient (Wildman–Crippen LogP) is 0.331. The van der Waals surface area contributed by atoms with Crippen molar-refractivity contribution in [2.75, 3.05) is 6.61 Å². The molecule has 1 aliphatic heterocycles. The van der Waals surface area contributed by atoms with Crippen molar-refractivity contribution >= 4 is 10.0 Å². The van der Waals surface area contributed by atoms with Gasteiger partial charge in [-0.05, 0) is 11.3 Å². The second-order valence-electron chi connectivity index (χ2n) is 5.10. The van der Waals surface area contributed by atoms with Crippen LogP contribution in [0, 0.1) is 11.3 Å². The molecule has 14 heavy (non-hydrogen) atoms. The van der Waals surface area contributed by atoms with Crippen molar-refractivity contribution in [2.45, 2.75) is 39.0 Å². The highest BCUT2D eigenvalue weighted by Crippen LogP contribution is 2.36. The van der Waals surface area contributed by atoms with Gasteiger partial charge in [0.1, 0.15) is 0 Å². The van der Waals surface area contributed by atoms with Gasteiger partial charge in [-0.3, -0.25) is 0 Å². The van der Waals surface area contributed by atoms with E-state index in [1.807, 2.05) is 27.7 Å². The molecule has 4 nitrogen and oxygen atoms in total.